The molecule has 11 rings (SSSR count). The number of aliphatic hydroxyl groups is 1. The van der Waals surface area contributed by atoms with Crippen molar-refractivity contribution < 1.29 is 24.2 Å². The maximum absolute atomic E-state index is 13.2. The van der Waals surface area contributed by atoms with Crippen LogP contribution < -0.4 is 20.1 Å². The van der Waals surface area contributed by atoms with Crippen LogP contribution in [0.4, 0.5) is 11.4 Å². The van der Waals surface area contributed by atoms with Crippen molar-refractivity contribution in [3.05, 3.63) is 64.7 Å². The second kappa shape index (κ2) is 7.96. The lowest BCUT2D eigenvalue weighted by atomic mass is 9.58. The molecule has 2 aromatic rings. The summed E-state index contributed by atoms with van der Waals surface area (Å²) < 4.78 is 8.43. The molecular formula is C38H44N4O4. The van der Waals surface area contributed by atoms with E-state index in [4.69, 9.17) is 4.74 Å². The number of carboxylic acid groups (broad SMARTS) is 1. The van der Waals surface area contributed by atoms with Crippen LogP contribution in [0.3, 0.4) is 0 Å². The largest absolute Gasteiger partial charge is 0.548 e. The Balaban J connectivity index is 1.12. The number of ether oxygens (including phenoxy) is 1. The quantitative estimate of drug-likeness (QED) is 0.392. The number of anilines is 2. The van der Waals surface area contributed by atoms with Crippen LogP contribution in [-0.4, -0.2) is 76.7 Å². The molecule has 46 heavy (non-hydrogen) atoms. The molecule has 9 aliphatic heterocycles. The molecule has 0 aromatic heterocycles. The molecule has 0 saturated carbocycles. The van der Waals surface area contributed by atoms with Crippen LogP contribution in [0.15, 0.2) is 48.0 Å². The molecule has 0 aliphatic carbocycles. The zero-order valence-electron chi connectivity index (χ0n) is 27.0. The van der Waals surface area contributed by atoms with E-state index in [0.717, 1.165) is 103 Å². The molecule has 0 unspecified atom stereocenters. The van der Waals surface area contributed by atoms with Gasteiger partial charge in [0.15, 0.2) is 5.60 Å². The van der Waals surface area contributed by atoms with Gasteiger partial charge in [-0.1, -0.05) is 36.8 Å². The summed E-state index contributed by atoms with van der Waals surface area (Å²) in [6, 6.07) is 12.2. The van der Waals surface area contributed by atoms with Crippen molar-refractivity contribution in [1.29, 1.82) is 0 Å². The van der Waals surface area contributed by atoms with Gasteiger partial charge in [-0.05, 0) is 63.1 Å². The first-order valence-electron chi connectivity index (χ1n) is 18.0. The number of benzene rings is 2. The molecule has 8 heteroatoms. The average Bonchev–Trinajstić information content (AvgIpc) is 3.67. The van der Waals surface area contributed by atoms with E-state index in [1.807, 2.05) is 13.0 Å². The highest BCUT2D eigenvalue weighted by Gasteiger charge is 2.80. The topological polar surface area (TPSA) is 88.1 Å². The van der Waals surface area contributed by atoms with Gasteiger partial charge in [-0.2, -0.15) is 0 Å². The Morgan fingerprint density at radius 1 is 1.13 bits per heavy atom. The summed E-state index contributed by atoms with van der Waals surface area (Å²) in [5.74, 6) is -0.291. The molecule has 3 spiro atoms. The van der Waals surface area contributed by atoms with Gasteiger partial charge in [-0.15, -0.1) is 0 Å². The first-order valence-corrected chi connectivity index (χ1v) is 18.0. The Morgan fingerprint density at radius 2 is 2.00 bits per heavy atom. The zero-order chi connectivity index (χ0) is 31.1. The van der Waals surface area contributed by atoms with Gasteiger partial charge in [-0.3, -0.25) is 9.38 Å². The second-order valence-electron chi connectivity index (χ2n) is 16.5. The van der Waals surface area contributed by atoms with Crippen LogP contribution in [0.1, 0.15) is 81.9 Å². The van der Waals surface area contributed by atoms with Gasteiger partial charge in [0.2, 0.25) is 11.4 Å². The number of carbonyl (C=O) groups excluding carboxylic acids is 1. The molecule has 0 amide bonds. The molecular weight excluding hydrogens is 576 g/mol. The van der Waals surface area contributed by atoms with Gasteiger partial charge < -0.3 is 30.0 Å². The number of quaternary nitrogens is 1. The third-order valence-corrected chi connectivity index (χ3v) is 15.6. The minimum Gasteiger partial charge on any atom is -0.548 e. The molecule has 9 atom stereocenters. The van der Waals surface area contributed by atoms with Crippen molar-refractivity contribution in [2.45, 2.75) is 99.7 Å². The van der Waals surface area contributed by atoms with Crippen molar-refractivity contribution in [3.63, 3.8) is 0 Å². The number of aliphatic carboxylic acids is 1. The molecule has 6 fully saturated rings. The third-order valence-electron chi connectivity index (χ3n) is 15.6. The number of nitrogens with zero attached hydrogens (tertiary/aromatic N) is 3. The first-order chi connectivity index (χ1) is 22.2. The number of hydrogen-bond donors (Lipinski definition) is 2. The summed E-state index contributed by atoms with van der Waals surface area (Å²) in [5, 5.41) is 30.4. The van der Waals surface area contributed by atoms with Gasteiger partial charge in [-0.25, -0.2) is 0 Å². The molecule has 6 saturated heterocycles. The SMILES string of the molecule is C/C=C1/CN2CC[C@@]34c5cc6c(cc5O[C@@]35[C@@H]2C[C@@H]1[C@@H](C(=O)[O-])N5c1ccccc14)N[C@@]12CC[C@@]3(CC)CCC[N@+]1(CC[C@@]62O)C3. The van der Waals surface area contributed by atoms with Crippen molar-refractivity contribution in [2.75, 3.05) is 42.9 Å². The number of para-hydroxylation sites is 1. The number of carbonyl (C=O) groups is 1. The van der Waals surface area contributed by atoms with E-state index in [9.17, 15) is 15.0 Å². The lowest BCUT2D eigenvalue weighted by Gasteiger charge is -2.65. The van der Waals surface area contributed by atoms with Gasteiger partial charge in [0.25, 0.3) is 0 Å². The molecule has 2 aromatic carbocycles. The molecule has 8 nitrogen and oxygen atoms in total. The number of fused-ring (bicyclic) bond motifs is 7. The highest BCUT2D eigenvalue weighted by Crippen LogP contribution is 2.72. The maximum atomic E-state index is 13.2. The van der Waals surface area contributed by atoms with Crippen molar-refractivity contribution >= 4 is 17.3 Å². The van der Waals surface area contributed by atoms with Gasteiger partial charge in [0.05, 0.1) is 43.1 Å². The number of allylic oxidation sites excluding steroid dienone is 1. The molecule has 9 heterocycles. The van der Waals surface area contributed by atoms with Crippen LogP contribution in [0.2, 0.25) is 0 Å². The van der Waals surface area contributed by atoms with E-state index in [0.29, 0.717) is 5.41 Å². The number of rotatable bonds is 2. The van der Waals surface area contributed by atoms with Crippen LogP contribution in [0.25, 0.3) is 0 Å². The normalized spacial score (nSPS) is 47.2. The Labute approximate surface area is 270 Å². The van der Waals surface area contributed by atoms with Crippen LogP contribution in [0.5, 0.6) is 5.75 Å². The lowest BCUT2D eigenvalue weighted by molar-refractivity contribution is -0.981. The second-order valence-corrected chi connectivity index (χ2v) is 16.5. The Morgan fingerprint density at radius 3 is 2.83 bits per heavy atom. The molecule has 4 bridgehead atoms. The maximum Gasteiger partial charge on any atom is 0.213 e. The predicted molar refractivity (Wildman–Crippen MR) is 171 cm³/mol. The number of carboxylic acids is 1. The van der Waals surface area contributed by atoms with E-state index < -0.39 is 34.4 Å². The highest BCUT2D eigenvalue weighted by molar-refractivity contribution is 5.86. The molecule has 2 N–H and O–H groups in total. The standard InChI is InChI=1S/C38H44N4O4/c1-3-23-21-40-15-13-35-25-8-5-6-9-29(25)41-32(33(43)44)24(23)18-31(40)38(35,41)46-30-20-28-26(19-27(30)35)36(45)14-17-42-16-7-10-34(4-2,22-42)11-12-37(36,42)39-28/h3,5-6,8-9,19-20,24,31-32,39,45H,4,7,10-18,21-22H2,1-2H3/b23-3-/t24-,31-,32-,34+,35+,36+,37-,38-,42-/m0/s1. The van der Waals surface area contributed by atoms with E-state index >= 15 is 0 Å². The number of nitrogens with one attached hydrogen (secondary N) is 1. The first kappa shape index (κ1) is 26.9. The zero-order valence-corrected chi connectivity index (χ0v) is 27.0. The van der Waals surface area contributed by atoms with Crippen molar-refractivity contribution in [1.82, 2.24) is 4.90 Å². The average molecular weight is 621 g/mol. The Bertz CT molecular complexity index is 1810. The van der Waals surface area contributed by atoms with Gasteiger partial charge >= 0.3 is 0 Å². The molecule has 240 valence electrons. The van der Waals surface area contributed by atoms with Gasteiger partial charge in [0, 0.05) is 65.8 Å². The van der Waals surface area contributed by atoms with E-state index in [1.165, 1.54) is 24.8 Å². The monoisotopic (exact) mass is 620 g/mol. The summed E-state index contributed by atoms with van der Waals surface area (Å²) in [7, 11) is 0. The molecule has 9 aliphatic rings. The van der Waals surface area contributed by atoms with E-state index in [2.05, 4.69) is 58.4 Å². The van der Waals surface area contributed by atoms with Crippen molar-refractivity contribution in [3.8, 4) is 5.75 Å². The van der Waals surface area contributed by atoms with Gasteiger partial charge in [0.1, 0.15) is 5.75 Å². The number of hydrogen-bond acceptors (Lipinski definition) is 7. The fourth-order valence-corrected chi connectivity index (χ4v) is 13.7. The van der Waals surface area contributed by atoms with Crippen molar-refractivity contribution in [2.24, 2.45) is 11.3 Å². The Kier molecular flexibility index (Phi) is 4.66. The smallest absolute Gasteiger partial charge is 0.213 e. The Hall–Kier alpha value is -3.07. The summed E-state index contributed by atoms with van der Waals surface area (Å²) in [5.41, 5.74) is 4.15. The van der Waals surface area contributed by atoms with Crippen LogP contribution in [-0.2, 0) is 15.8 Å². The third kappa shape index (κ3) is 2.49. The fraction of sp³-hybridized carbons (Fsp3) is 0.605. The van der Waals surface area contributed by atoms with E-state index in [1.54, 1.807) is 0 Å². The van der Waals surface area contributed by atoms with E-state index in [-0.39, 0.29) is 12.0 Å². The summed E-state index contributed by atoms with van der Waals surface area (Å²) in [6.07, 6.45) is 10.4. The minimum absolute atomic E-state index is 0.0387. The summed E-state index contributed by atoms with van der Waals surface area (Å²) >= 11 is 0. The lowest BCUT2D eigenvalue weighted by Crippen LogP contribution is -2.81. The fourth-order valence-electron chi connectivity index (χ4n) is 13.7. The summed E-state index contributed by atoms with van der Waals surface area (Å²) in [6.45, 7) is 9.41. The summed E-state index contributed by atoms with van der Waals surface area (Å²) in [4.78, 5) is 17.9. The predicted octanol–water partition coefficient (Wildman–Crippen LogP) is 3.57. The van der Waals surface area contributed by atoms with Crippen LogP contribution in [0, 0.1) is 11.3 Å². The van der Waals surface area contributed by atoms with Crippen LogP contribution >= 0.6 is 0 Å². The minimum atomic E-state index is -1.02. The number of piperidine rings is 5. The highest BCUT2D eigenvalue weighted by atomic mass is 16.5. The molecule has 0 radical (unpaired) electrons.